The smallest absolute Gasteiger partial charge is 0.248 e. The number of nitrogens with one attached hydrogen (secondary N) is 2. The van der Waals surface area contributed by atoms with Crippen molar-refractivity contribution >= 4 is 45.7 Å². The van der Waals surface area contributed by atoms with E-state index in [1.807, 2.05) is 60.3 Å². The zero-order valence-electron chi connectivity index (χ0n) is 24.0. The molecule has 1 fully saturated rings. The summed E-state index contributed by atoms with van der Waals surface area (Å²) in [6, 6.07) is 18.4. The molecule has 0 saturated carbocycles. The van der Waals surface area contributed by atoms with Crippen molar-refractivity contribution in [3.05, 3.63) is 84.8 Å². The highest BCUT2D eigenvalue weighted by Gasteiger charge is 2.19. The predicted octanol–water partition coefficient (Wildman–Crippen LogP) is 4.90. The van der Waals surface area contributed by atoms with Crippen molar-refractivity contribution in [2.45, 2.75) is 6.92 Å². The number of hydrogen-bond donors (Lipinski definition) is 2. The highest BCUT2D eigenvalue weighted by atomic mass is 19.1. The topological polar surface area (TPSA) is 93.7 Å². The van der Waals surface area contributed by atoms with Gasteiger partial charge in [0.1, 0.15) is 0 Å². The Morgan fingerprint density at radius 1 is 0.976 bits per heavy atom. The van der Waals surface area contributed by atoms with Gasteiger partial charge in [-0.1, -0.05) is 36.4 Å². The van der Waals surface area contributed by atoms with E-state index < -0.39 is 11.7 Å². The fourth-order valence-electron chi connectivity index (χ4n) is 4.88. The molecular weight excluding hydrogens is 533 g/mol. The van der Waals surface area contributed by atoms with Crippen LogP contribution in [0, 0.1) is 5.82 Å². The zero-order valence-corrected chi connectivity index (χ0v) is 24.0. The normalized spacial score (nSPS) is 13.6. The van der Waals surface area contributed by atoms with Gasteiger partial charge in [0.2, 0.25) is 17.8 Å². The van der Waals surface area contributed by atoms with Crippen molar-refractivity contribution in [1.82, 2.24) is 19.8 Å². The molecule has 0 radical (unpaired) electrons. The summed E-state index contributed by atoms with van der Waals surface area (Å²) in [6.07, 6.45) is 4.82. The second-order valence-corrected chi connectivity index (χ2v) is 10.4. The molecule has 1 saturated heterocycles. The Morgan fingerprint density at radius 3 is 2.40 bits per heavy atom. The van der Waals surface area contributed by atoms with E-state index in [1.54, 1.807) is 37.4 Å². The molecule has 5 rings (SSSR count). The number of carbonyl (C=O) groups excluding carboxylic acids is 2. The van der Waals surface area contributed by atoms with E-state index in [0.717, 1.165) is 29.9 Å². The molecule has 4 aromatic rings. The molecule has 1 aliphatic rings. The number of halogens is 1. The van der Waals surface area contributed by atoms with E-state index >= 15 is 4.39 Å². The molecule has 42 heavy (non-hydrogen) atoms. The maximum Gasteiger partial charge on any atom is 0.248 e. The highest BCUT2D eigenvalue weighted by Crippen LogP contribution is 2.33. The van der Waals surface area contributed by atoms with E-state index in [9.17, 15) is 9.59 Å². The van der Waals surface area contributed by atoms with Gasteiger partial charge in [0.25, 0.3) is 0 Å². The van der Waals surface area contributed by atoms with Gasteiger partial charge in [-0.15, -0.1) is 0 Å². The minimum atomic E-state index is -0.535. The molecule has 0 unspecified atom stereocenters. The van der Waals surface area contributed by atoms with E-state index in [4.69, 9.17) is 4.98 Å². The quantitative estimate of drug-likeness (QED) is 0.293. The number of hydrogen-bond acceptors (Lipinski definition) is 7. The van der Waals surface area contributed by atoms with Crippen LogP contribution >= 0.6 is 0 Å². The third-order valence-corrected chi connectivity index (χ3v) is 7.11. The summed E-state index contributed by atoms with van der Waals surface area (Å²) >= 11 is 0. The predicted molar refractivity (Wildman–Crippen MR) is 165 cm³/mol. The molecule has 0 aliphatic carbocycles. The Hall–Kier alpha value is -4.83. The molecule has 0 spiro atoms. The second kappa shape index (κ2) is 12.8. The van der Waals surface area contributed by atoms with Crippen LogP contribution in [0.2, 0.25) is 0 Å². The SMILES string of the molecule is CC(=O)N1CCN(c2ccc(Nc3ncc4cccc(-c5cccc(NC(=O)/C=C/CN(C)C)c5F)c4n3)cc2)CC1. The summed E-state index contributed by atoms with van der Waals surface area (Å²) in [5.74, 6) is -0.441. The van der Waals surface area contributed by atoms with Gasteiger partial charge < -0.3 is 25.3 Å². The van der Waals surface area contributed by atoms with Gasteiger partial charge in [-0.2, -0.15) is 0 Å². The summed E-state index contributed by atoms with van der Waals surface area (Å²) < 4.78 is 15.7. The van der Waals surface area contributed by atoms with Gasteiger partial charge in [-0.25, -0.2) is 14.4 Å². The molecule has 2 heterocycles. The van der Waals surface area contributed by atoms with Crippen LogP contribution in [-0.4, -0.2) is 78.4 Å². The fourth-order valence-corrected chi connectivity index (χ4v) is 4.88. The standard InChI is InChI=1S/C32H34FN7O2/c1-22(41)39-17-19-40(20-18-39)25-14-12-24(13-15-25)35-32-34-21-23-7-4-9-27(31(23)37-32)26-8-5-10-28(30(26)33)36-29(42)11-6-16-38(2)3/h4-15,21H,16-20H2,1-3H3,(H,36,42)(H,34,35,37)/b11-6+. The Bertz CT molecular complexity index is 1610. The summed E-state index contributed by atoms with van der Waals surface area (Å²) in [7, 11) is 3.80. The Balaban J connectivity index is 1.34. The van der Waals surface area contributed by atoms with Gasteiger partial charge in [0, 0.05) is 79.8 Å². The molecular formula is C32H34FN7O2. The summed E-state index contributed by atoms with van der Waals surface area (Å²) in [6.45, 7) is 5.22. The molecule has 3 aromatic carbocycles. The van der Waals surface area contributed by atoms with Crippen LogP contribution < -0.4 is 15.5 Å². The first kappa shape index (κ1) is 28.7. The lowest BCUT2D eigenvalue weighted by atomic mass is 10.0. The monoisotopic (exact) mass is 567 g/mol. The average molecular weight is 568 g/mol. The van der Waals surface area contributed by atoms with Crippen molar-refractivity contribution < 1.29 is 14.0 Å². The number of rotatable bonds is 8. The molecule has 216 valence electrons. The van der Waals surface area contributed by atoms with Crippen molar-refractivity contribution in [2.75, 3.05) is 62.4 Å². The van der Waals surface area contributed by atoms with Gasteiger partial charge in [0.05, 0.1) is 11.2 Å². The van der Waals surface area contributed by atoms with Gasteiger partial charge in [-0.3, -0.25) is 9.59 Å². The number of carbonyl (C=O) groups is 2. The zero-order chi connectivity index (χ0) is 29.6. The third-order valence-electron chi connectivity index (χ3n) is 7.11. The summed E-state index contributed by atoms with van der Waals surface area (Å²) in [4.78, 5) is 39.2. The number of nitrogens with zero attached hydrogens (tertiary/aromatic N) is 5. The van der Waals surface area contributed by atoms with Crippen LogP contribution in [0.4, 0.5) is 27.4 Å². The first-order valence-corrected chi connectivity index (χ1v) is 13.8. The van der Waals surface area contributed by atoms with Gasteiger partial charge in [-0.05, 0) is 44.4 Å². The molecule has 1 aromatic heterocycles. The lowest BCUT2D eigenvalue weighted by Gasteiger charge is -2.35. The van der Waals surface area contributed by atoms with Crippen molar-refractivity contribution in [2.24, 2.45) is 0 Å². The number of fused-ring (bicyclic) bond motifs is 1. The number of piperazine rings is 1. The minimum Gasteiger partial charge on any atom is -0.368 e. The fraction of sp³-hybridized carbons (Fsp3) is 0.250. The Labute approximate surface area is 244 Å². The molecule has 2 amide bonds. The summed E-state index contributed by atoms with van der Waals surface area (Å²) in [5.41, 5.74) is 3.50. The number of anilines is 4. The first-order chi connectivity index (χ1) is 20.3. The molecule has 9 nitrogen and oxygen atoms in total. The van der Waals surface area contributed by atoms with Crippen LogP contribution in [0.5, 0.6) is 0 Å². The number of benzene rings is 3. The van der Waals surface area contributed by atoms with Crippen LogP contribution in [0.25, 0.3) is 22.0 Å². The molecule has 2 N–H and O–H groups in total. The Kier molecular flexibility index (Phi) is 8.73. The number of likely N-dealkylation sites (N-methyl/N-ethyl adjacent to an activating group) is 1. The maximum atomic E-state index is 15.7. The van der Waals surface area contributed by atoms with E-state index in [2.05, 4.69) is 20.5 Å². The highest BCUT2D eigenvalue weighted by molar-refractivity contribution is 6.00. The third kappa shape index (κ3) is 6.72. The lowest BCUT2D eigenvalue weighted by Crippen LogP contribution is -2.48. The van der Waals surface area contributed by atoms with Gasteiger partial charge >= 0.3 is 0 Å². The largest absolute Gasteiger partial charge is 0.368 e. The van der Waals surface area contributed by atoms with Crippen LogP contribution in [0.1, 0.15) is 6.92 Å². The van der Waals surface area contributed by atoms with Crippen molar-refractivity contribution in [1.29, 1.82) is 0 Å². The van der Waals surface area contributed by atoms with Crippen LogP contribution in [-0.2, 0) is 9.59 Å². The van der Waals surface area contributed by atoms with E-state index in [-0.39, 0.29) is 11.6 Å². The number of amides is 2. The number of aromatic nitrogens is 2. The molecule has 0 atom stereocenters. The van der Waals surface area contributed by atoms with Gasteiger partial charge in [0.15, 0.2) is 5.82 Å². The van der Waals surface area contributed by atoms with Crippen LogP contribution in [0.15, 0.2) is 79.0 Å². The maximum absolute atomic E-state index is 15.7. The van der Waals surface area contributed by atoms with Crippen molar-refractivity contribution in [3.63, 3.8) is 0 Å². The van der Waals surface area contributed by atoms with E-state index in [0.29, 0.717) is 42.2 Å². The molecule has 1 aliphatic heterocycles. The minimum absolute atomic E-state index is 0.0965. The summed E-state index contributed by atoms with van der Waals surface area (Å²) in [5, 5.41) is 6.65. The number of para-hydroxylation sites is 1. The second-order valence-electron chi connectivity index (χ2n) is 10.4. The Morgan fingerprint density at radius 2 is 1.69 bits per heavy atom. The lowest BCUT2D eigenvalue weighted by molar-refractivity contribution is -0.129. The van der Waals surface area contributed by atoms with Crippen LogP contribution in [0.3, 0.4) is 0 Å². The first-order valence-electron chi connectivity index (χ1n) is 13.8. The van der Waals surface area contributed by atoms with Crippen molar-refractivity contribution in [3.8, 4) is 11.1 Å². The average Bonchev–Trinajstić information content (AvgIpc) is 2.98. The molecule has 0 bridgehead atoms. The van der Waals surface area contributed by atoms with E-state index in [1.165, 1.54) is 12.1 Å². The molecule has 10 heteroatoms.